The highest BCUT2D eigenvalue weighted by Gasteiger charge is 2.18. The number of rotatable bonds is 9. The van der Waals surface area contributed by atoms with E-state index in [1.807, 2.05) is 89.8 Å². The minimum atomic E-state index is -0.274. The topological polar surface area (TPSA) is 99.2 Å². The number of aromatic nitrogens is 5. The fourth-order valence-corrected chi connectivity index (χ4v) is 4.98. The van der Waals surface area contributed by atoms with Gasteiger partial charge >= 0.3 is 0 Å². The Hall–Kier alpha value is -4.41. The summed E-state index contributed by atoms with van der Waals surface area (Å²) in [6.07, 6.45) is 1.62. The number of nitrogens with one attached hydrogen (secondary N) is 1. The smallest absolute Gasteiger partial charge is 0.250 e. The van der Waals surface area contributed by atoms with Crippen molar-refractivity contribution in [3.05, 3.63) is 101 Å². The third-order valence-electron chi connectivity index (χ3n) is 6.13. The van der Waals surface area contributed by atoms with Crippen LogP contribution in [0.15, 0.2) is 89.1 Å². The molecule has 5 rings (SSSR count). The molecule has 9 nitrogen and oxygen atoms in total. The molecule has 0 fully saturated rings. The van der Waals surface area contributed by atoms with Gasteiger partial charge in [0.25, 0.3) is 5.91 Å². The Bertz CT molecular complexity index is 1650. The maximum absolute atomic E-state index is 12.7. The van der Waals surface area contributed by atoms with Gasteiger partial charge in [-0.2, -0.15) is 10.2 Å². The minimum Gasteiger partial charge on any atom is -0.497 e. The van der Waals surface area contributed by atoms with Crippen LogP contribution < -0.4 is 10.2 Å². The predicted molar refractivity (Wildman–Crippen MR) is 158 cm³/mol. The van der Waals surface area contributed by atoms with Crippen LogP contribution in [0.5, 0.6) is 5.75 Å². The Kier molecular flexibility index (Phi) is 8.28. The van der Waals surface area contributed by atoms with Gasteiger partial charge in [-0.3, -0.25) is 9.36 Å². The zero-order valence-corrected chi connectivity index (χ0v) is 23.6. The Morgan fingerprint density at radius 1 is 1.00 bits per heavy atom. The average molecular weight is 572 g/mol. The third-order valence-corrected chi connectivity index (χ3v) is 7.31. The number of carbonyl (C=O) groups excluding carboxylic acids is 1. The number of carbonyl (C=O) groups is 1. The summed E-state index contributed by atoms with van der Waals surface area (Å²) in [7, 11) is 1.62. The third kappa shape index (κ3) is 5.93. The van der Waals surface area contributed by atoms with E-state index < -0.39 is 0 Å². The summed E-state index contributed by atoms with van der Waals surface area (Å²) in [6, 6.07) is 24.8. The van der Waals surface area contributed by atoms with Crippen molar-refractivity contribution in [2.75, 3.05) is 12.9 Å². The first-order valence-electron chi connectivity index (χ1n) is 12.4. The highest BCUT2D eigenvalue weighted by molar-refractivity contribution is 7.99. The number of benzene rings is 3. The molecule has 3 aromatic carbocycles. The molecule has 0 saturated heterocycles. The maximum Gasteiger partial charge on any atom is 0.250 e. The second kappa shape index (κ2) is 12.2. The van der Waals surface area contributed by atoms with Crippen molar-refractivity contribution in [2.45, 2.75) is 19.0 Å². The van der Waals surface area contributed by atoms with Crippen molar-refractivity contribution in [3.63, 3.8) is 0 Å². The highest BCUT2D eigenvalue weighted by atomic mass is 35.5. The molecule has 0 spiro atoms. The molecule has 1 N–H and O–H groups in total. The number of aryl methyl sites for hydroxylation is 1. The number of methoxy groups -OCH3 is 1. The lowest BCUT2D eigenvalue weighted by Gasteiger charge is -2.11. The number of ether oxygens (including phenoxy) is 1. The van der Waals surface area contributed by atoms with E-state index in [0.29, 0.717) is 16.0 Å². The van der Waals surface area contributed by atoms with E-state index in [9.17, 15) is 4.79 Å². The van der Waals surface area contributed by atoms with Gasteiger partial charge in [-0.25, -0.2) is 10.1 Å². The fourth-order valence-electron chi connectivity index (χ4n) is 4.11. The molecule has 0 unspecified atom stereocenters. The second-order valence-corrected chi connectivity index (χ2v) is 10.1. The van der Waals surface area contributed by atoms with Crippen molar-refractivity contribution in [3.8, 4) is 28.5 Å². The van der Waals surface area contributed by atoms with Crippen LogP contribution in [0.25, 0.3) is 22.8 Å². The van der Waals surface area contributed by atoms with Gasteiger partial charge in [-0.05, 0) is 74.5 Å². The lowest BCUT2D eigenvalue weighted by atomic mass is 10.2. The molecule has 5 aromatic rings. The summed E-state index contributed by atoms with van der Waals surface area (Å²) < 4.78 is 9.03. The van der Waals surface area contributed by atoms with Crippen LogP contribution >= 0.6 is 23.4 Å². The Morgan fingerprint density at radius 3 is 2.42 bits per heavy atom. The minimum absolute atomic E-state index is 0.0902. The molecule has 2 heterocycles. The summed E-state index contributed by atoms with van der Waals surface area (Å²) in [5.74, 6) is 1.19. The zero-order valence-electron chi connectivity index (χ0n) is 22.1. The monoisotopic (exact) mass is 571 g/mol. The Balaban J connectivity index is 1.31. The normalized spacial score (nSPS) is 11.2. The molecule has 40 heavy (non-hydrogen) atoms. The largest absolute Gasteiger partial charge is 0.497 e. The number of hydrogen-bond acceptors (Lipinski definition) is 7. The van der Waals surface area contributed by atoms with Gasteiger partial charge < -0.3 is 4.74 Å². The number of amides is 1. The van der Waals surface area contributed by atoms with E-state index in [0.717, 1.165) is 39.6 Å². The van der Waals surface area contributed by atoms with Gasteiger partial charge in [-0.15, -0.1) is 10.2 Å². The summed E-state index contributed by atoms with van der Waals surface area (Å²) >= 11 is 7.38. The number of thioether (sulfide) groups is 1. The van der Waals surface area contributed by atoms with Crippen LogP contribution in [-0.2, 0) is 4.79 Å². The van der Waals surface area contributed by atoms with Crippen molar-refractivity contribution < 1.29 is 9.53 Å². The zero-order chi connectivity index (χ0) is 28.1. The first-order chi connectivity index (χ1) is 19.4. The number of hydrogen-bond donors (Lipinski definition) is 1. The molecule has 0 bridgehead atoms. The van der Waals surface area contributed by atoms with E-state index in [1.54, 1.807) is 25.5 Å². The highest BCUT2D eigenvalue weighted by Crippen LogP contribution is 2.29. The second-order valence-electron chi connectivity index (χ2n) is 8.76. The van der Waals surface area contributed by atoms with Gasteiger partial charge in [0.1, 0.15) is 5.75 Å². The van der Waals surface area contributed by atoms with Crippen LogP contribution in [0.3, 0.4) is 0 Å². The molecule has 0 aliphatic carbocycles. The number of nitrogens with zero attached hydrogens (tertiary/aromatic N) is 6. The van der Waals surface area contributed by atoms with E-state index in [-0.39, 0.29) is 11.7 Å². The number of halogens is 1. The summed E-state index contributed by atoms with van der Waals surface area (Å²) in [5.41, 5.74) is 7.84. The van der Waals surface area contributed by atoms with Gasteiger partial charge in [0, 0.05) is 21.8 Å². The SMILES string of the molecule is COc1ccc(-c2nnc(SCC(=O)N/N=C/c3c(C)nn(-c4ccccc4)c3C)n2-c2ccc(Cl)cc2)cc1. The lowest BCUT2D eigenvalue weighted by Crippen LogP contribution is -2.20. The van der Waals surface area contributed by atoms with Crippen LogP contribution in [0.2, 0.25) is 5.02 Å². The summed E-state index contributed by atoms with van der Waals surface area (Å²) in [6.45, 7) is 3.88. The number of para-hydroxylation sites is 1. The summed E-state index contributed by atoms with van der Waals surface area (Å²) in [4.78, 5) is 12.7. The first-order valence-corrected chi connectivity index (χ1v) is 13.7. The van der Waals surface area contributed by atoms with Gasteiger partial charge in [0.15, 0.2) is 11.0 Å². The molecule has 0 aliphatic heterocycles. The lowest BCUT2D eigenvalue weighted by molar-refractivity contribution is -0.118. The van der Waals surface area contributed by atoms with Crippen molar-refractivity contribution >= 4 is 35.5 Å². The molecule has 11 heteroatoms. The van der Waals surface area contributed by atoms with Crippen LogP contribution in [0.1, 0.15) is 17.0 Å². The number of hydrazone groups is 1. The van der Waals surface area contributed by atoms with Crippen LogP contribution in [0.4, 0.5) is 0 Å². The molecule has 1 amide bonds. The van der Waals surface area contributed by atoms with Gasteiger partial charge in [-0.1, -0.05) is 41.6 Å². The molecular formula is C29H26ClN7O2S. The van der Waals surface area contributed by atoms with E-state index in [2.05, 4.69) is 25.8 Å². The van der Waals surface area contributed by atoms with Gasteiger partial charge in [0.2, 0.25) is 0 Å². The molecule has 0 atom stereocenters. The van der Waals surface area contributed by atoms with E-state index in [4.69, 9.17) is 16.3 Å². The molecule has 2 aromatic heterocycles. The molecule has 202 valence electrons. The van der Waals surface area contributed by atoms with E-state index in [1.165, 1.54) is 11.8 Å². The molecule has 0 aliphatic rings. The molecular weight excluding hydrogens is 546 g/mol. The summed E-state index contributed by atoms with van der Waals surface area (Å²) in [5, 5.41) is 18.8. The first kappa shape index (κ1) is 27.2. The maximum atomic E-state index is 12.7. The van der Waals surface area contributed by atoms with E-state index >= 15 is 0 Å². The fraction of sp³-hybridized carbons (Fsp3) is 0.138. The molecule has 0 saturated carbocycles. The average Bonchev–Trinajstić information content (AvgIpc) is 3.53. The van der Waals surface area contributed by atoms with Crippen molar-refractivity contribution in [1.29, 1.82) is 0 Å². The Morgan fingerprint density at radius 2 is 1.73 bits per heavy atom. The van der Waals surface area contributed by atoms with Crippen molar-refractivity contribution in [2.24, 2.45) is 5.10 Å². The Labute approximate surface area is 240 Å². The van der Waals surface area contributed by atoms with Gasteiger partial charge in [0.05, 0.1) is 36.2 Å². The van der Waals surface area contributed by atoms with Crippen LogP contribution in [0, 0.1) is 13.8 Å². The standard InChI is InChI=1S/C29H26ClN7O2S/c1-19-26(20(2)37(35-19)24-7-5-4-6-8-24)17-31-32-27(38)18-40-29-34-33-28(21-9-15-25(39-3)16-10-21)36(29)23-13-11-22(30)12-14-23/h4-17H,18H2,1-3H3,(H,32,38)/b31-17+. The predicted octanol–water partition coefficient (Wildman–Crippen LogP) is 5.64. The van der Waals surface area contributed by atoms with Crippen molar-refractivity contribution in [1.82, 2.24) is 30.0 Å². The van der Waals surface area contributed by atoms with Crippen LogP contribution in [-0.4, -0.2) is 49.5 Å². The molecule has 0 radical (unpaired) electrons. The quantitative estimate of drug-likeness (QED) is 0.140.